The second-order valence-electron chi connectivity index (χ2n) is 4.28. The predicted molar refractivity (Wildman–Crippen MR) is 74.5 cm³/mol. The molecule has 2 aromatic rings. The second-order valence-corrected chi connectivity index (χ2v) is 4.28. The molecule has 0 spiro atoms. The van der Waals surface area contributed by atoms with Crippen molar-refractivity contribution in [3.8, 4) is 0 Å². The van der Waals surface area contributed by atoms with Crippen LogP contribution >= 0.6 is 0 Å². The number of halogens is 1. The molecule has 0 aliphatic rings. The lowest BCUT2D eigenvalue weighted by Gasteiger charge is -2.19. The van der Waals surface area contributed by atoms with Crippen molar-refractivity contribution < 1.29 is 4.39 Å². The van der Waals surface area contributed by atoms with E-state index in [1.807, 2.05) is 26.2 Å². The van der Waals surface area contributed by atoms with E-state index in [0.717, 1.165) is 17.9 Å². The van der Waals surface area contributed by atoms with E-state index in [1.54, 1.807) is 12.1 Å². The molecule has 94 valence electrons. The summed E-state index contributed by atoms with van der Waals surface area (Å²) in [5.41, 5.74) is 3.33. The molecule has 0 heterocycles. The quantitative estimate of drug-likeness (QED) is 0.885. The Morgan fingerprint density at radius 1 is 1.00 bits per heavy atom. The van der Waals surface area contributed by atoms with E-state index < -0.39 is 0 Å². The average Bonchev–Trinajstić information content (AvgIpc) is 2.40. The van der Waals surface area contributed by atoms with Crippen molar-refractivity contribution in [3.63, 3.8) is 0 Å². The van der Waals surface area contributed by atoms with Crippen molar-refractivity contribution in [3.05, 3.63) is 59.9 Å². The highest BCUT2D eigenvalue weighted by molar-refractivity contribution is 5.48. The smallest absolute Gasteiger partial charge is 0.123 e. The summed E-state index contributed by atoms with van der Waals surface area (Å²) in [7, 11) is 3.90. The fraction of sp³-hybridized carbons (Fsp3) is 0.200. The minimum absolute atomic E-state index is 0.203. The summed E-state index contributed by atoms with van der Waals surface area (Å²) in [6, 6.07) is 14.8. The first-order chi connectivity index (χ1) is 8.69. The second kappa shape index (κ2) is 5.54. The van der Waals surface area contributed by atoms with Gasteiger partial charge in [0, 0.05) is 32.0 Å². The fourth-order valence-corrected chi connectivity index (χ4v) is 1.84. The maximum Gasteiger partial charge on any atom is 0.123 e. The molecule has 2 aromatic carbocycles. The fourth-order valence-electron chi connectivity index (χ4n) is 1.84. The van der Waals surface area contributed by atoms with Crippen LogP contribution in [0.2, 0.25) is 0 Å². The first-order valence-corrected chi connectivity index (χ1v) is 5.92. The van der Waals surface area contributed by atoms with Crippen LogP contribution in [0.1, 0.15) is 5.56 Å². The first kappa shape index (κ1) is 12.4. The van der Waals surface area contributed by atoms with E-state index in [4.69, 9.17) is 0 Å². The highest BCUT2D eigenvalue weighted by atomic mass is 19.1. The van der Waals surface area contributed by atoms with Crippen molar-refractivity contribution in [2.24, 2.45) is 0 Å². The number of benzene rings is 2. The third-order valence-corrected chi connectivity index (χ3v) is 2.93. The summed E-state index contributed by atoms with van der Waals surface area (Å²) in [5, 5.41) is 3.09. The van der Waals surface area contributed by atoms with Crippen molar-refractivity contribution in [1.82, 2.24) is 0 Å². The molecule has 0 fully saturated rings. The van der Waals surface area contributed by atoms with E-state index >= 15 is 0 Å². The molecule has 0 unspecified atom stereocenters. The van der Waals surface area contributed by atoms with Gasteiger partial charge in [0.15, 0.2) is 0 Å². The van der Waals surface area contributed by atoms with Gasteiger partial charge in [-0.05, 0) is 42.0 Å². The SMILES string of the molecule is CNc1ccc(CN(C)c2ccc(F)cc2)cc1. The van der Waals surface area contributed by atoms with Gasteiger partial charge in [0.2, 0.25) is 0 Å². The lowest BCUT2D eigenvalue weighted by molar-refractivity contribution is 0.627. The summed E-state index contributed by atoms with van der Waals surface area (Å²) < 4.78 is 12.8. The Morgan fingerprint density at radius 3 is 2.17 bits per heavy atom. The Bertz CT molecular complexity index is 491. The molecule has 0 radical (unpaired) electrons. The molecule has 0 aliphatic carbocycles. The van der Waals surface area contributed by atoms with E-state index in [0.29, 0.717) is 0 Å². The molecular weight excluding hydrogens is 227 g/mol. The third kappa shape index (κ3) is 3.00. The summed E-state index contributed by atoms with van der Waals surface area (Å²) in [6.45, 7) is 0.801. The largest absolute Gasteiger partial charge is 0.388 e. The van der Waals surface area contributed by atoms with Crippen LogP contribution in [0.15, 0.2) is 48.5 Å². The molecule has 1 N–H and O–H groups in total. The third-order valence-electron chi connectivity index (χ3n) is 2.93. The standard InChI is InChI=1S/C15H17FN2/c1-17-14-7-3-12(4-8-14)11-18(2)15-9-5-13(16)6-10-15/h3-10,17H,11H2,1-2H3. The van der Waals surface area contributed by atoms with Gasteiger partial charge in [0.25, 0.3) is 0 Å². The van der Waals surface area contributed by atoms with Crippen LogP contribution in [-0.4, -0.2) is 14.1 Å². The normalized spacial score (nSPS) is 10.2. The lowest BCUT2D eigenvalue weighted by atomic mass is 10.2. The van der Waals surface area contributed by atoms with Gasteiger partial charge in [-0.3, -0.25) is 0 Å². The van der Waals surface area contributed by atoms with Gasteiger partial charge < -0.3 is 10.2 Å². The molecule has 0 atom stereocenters. The van der Waals surface area contributed by atoms with Crippen LogP contribution in [0.25, 0.3) is 0 Å². The van der Waals surface area contributed by atoms with Gasteiger partial charge >= 0.3 is 0 Å². The number of anilines is 2. The Morgan fingerprint density at radius 2 is 1.61 bits per heavy atom. The Labute approximate surface area is 107 Å². The summed E-state index contributed by atoms with van der Waals surface area (Å²) in [5.74, 6) is -0.203. The van der Waals surface area contributed by atoms with E-state index in [9.17, 15) is 4.39 Å². The molecule has 18 heavy (non-hydrogen) atoms. The zero-order valence-corrected chi connectivity index (χ0v) is 10.7. The Hall–Kier alpha value is -2.03. The van der Waals surface area contributed by atoms with E-state index in [1.165, 1.54) is 17.7 Å². The van der Waals surface area contributed by atoms with Crippen LogP contribution in [0.3, 0.4) is 0 Å². The highest BCUT2D eigenvalue weighted by Gasteiger charge is 2.02. The van der Waals surface area contributed by atoms with Gasteiger partial charge in [0.05, 0.1) is 0 Å². The topological polar surface area (TPSA) is 15.3 Å². The number of hydrogen-bond acceptors (Lipinski definition) is 2. The molecule has 2 nitrogen and oxygen atoms in total. The van der Waals surface area contributed by atoms with E-state index in [-0.39, 0.29) is 5.82 Å². The molecule has 3 heteroatoms. The van der Waals surface area contributed by atoms with Crippen LogP contribution in [0.5, 0.6) is 0 Å². The lowest BCUT2D eigenvalue weighted by Crippen LogP contribution is -2.16. The van der Waals surface area contributed by atoms with Crippen LogP contribution in [0.4, 0.5) is 15.8 Å². The number of hydrogen-bond donors (Lipinski definition) is 1. The predicted octanol–water partition coefficient (Wildman–Crippen LogP) is 3.50. The molecule has 0 amide bonds. The zero-order valence-electron chi connectivity index (χ0n) is 10.7. The minimum Gasteiger partial charge on any atom is -0.388 e. The maximum absolute atomic E-state index is 12.8. The minimum atomic E-state index is -0.203. The first-order valence-electron chi connectivity index (χ1n) is 5.92. The maximum atomic E-state index is 12.8. The van der Waals surface area contributed by atoms with Crippen molar-refractivity contribution in [2.45, 2.75) is 6.54 Å². The highest BCUT2D eigenvalue weighted by Crippen LogP contribution is 2.17. The molecule has 2 rings (SSSR count). The van der Waals surface area contributed by atoms with Gasteiger partial charge in [-0.2, -0.15) is 0 Å². The van der Waals surface area contributed by atoms with Gasteiger partial charge in [-0.1, -0.05) is 12.1 Å². The molecule has 0 bridgehead atoms. The van der Waals surface area contributed by atoms with Crippen LogP contribution in [-0.2, 0) is 6.54 Å². The summed E-state index contributed by atoms with van der Waals surface area (Å²) >= 11 is 0. The molecule has 0 aliphatic heterocycles. The van der Waals surface area contributed by atoms with Gasteiger partial charge in [-0.15, -0.1) is 0 Å². The molecule has 0 aromatic heterocycles. The molecule has 0 saturated heterocycles. The summed E-state index contributed by atoms with van der Waals surface area (Å²) in [6.07, 6.45) is 0. The van der Waals surface area contributed by atoms with Crippen molar-refractivity contribution in [2.75, 3.05) is 24.3 Å². The van der Waals surface area contributed by atoms with Crippen LogP contribution in [0, 0.1) is 5.82 Å². The van der Waals surface area contributed by atoms with Crippen molar-refractivity contribution >= 4 is 11.4 Å². The number of nitrogens with zero attached hydrogens (tertiary/aromatic N) is 1. The monoisotopic (exact) mass is 244 g/mol. The molecule has 0 saturated carbocycles. The zero-order chi connectivity index (χ0) is 13.0. The van der Waals surface area contributed by atoms with Gasteiger partial charge in [-0.25, -0.2) is 4.39 Å². The number of rotatable bonds is 4. The van der Waals surface area contributed by atoms with Gasteiger partial charge in [0.1, 0.15) is 5.82 Å². The van der Waals surface area contributed by atoms with Crippen LogP contribution < -0.4 is 10.2 Å². The Kier molecular flexibility index (Phi) is 3.82. The van der Waals surface area contributed by atoms with E-state index in [2.05, 4.69) is 22.3 Å². The Balaban J connectivity index is 2.05. The summed E-state index contributed by atoms with van der Waals surface area (Å²) in [4.78, 5) is 2.09. The molecular formula is C15H17FN2. The van der Waals surface area contributed by atoms with Crippen molar-refractivity contribution in [1.29, 1.82) is 0 Å². The number of nitrogens with one attached hydrogen (secondary N) is 1. The average molecular weight is 244 g/mol.